The minimum Gasteiger partial charge on any atom is -0.438 e. The number of rotatable bonds is 3. The van der Waals surface area contributed by atoms with Crippen LogP contribution in [0.25, 0.3) is 0 Å². The Bertz CT molecular complexity index is 516. The summed E-state index contributed by atoms with van der Waals surface area (Å²) in [6, 6.07) is 8.98. The van der Waals surface area contributed by atoms with E-state index in [1.807, 2.05) is 24.3 Å². The molecule has 0 unspecified atom stereocenters. The van der Waals surface area contributed by atoms with Crippen molar-refractivity contribution in [2.24, 2.45) is 0 Å². The fraction of sp³-hybridized carbons (Fsp3) is 0.0833. The van der Waals surface area contributed by atoms with Crippen molar-refractivity contribution in [1.29, 1.82) is 0 Å². The number of nitrogens with zero attached hydrogens (tertiary/aromatic N) is 1. The zero-order valence-electron chi connectivity index (χ0n) is 8.73. The molecule has 0 saturated heterocycles. The molecule has 0 aliphatic heterocycles. The van der Waals surface area contributed by atoms with Crippen molar-refractivity contribution in [2.75, 3.05) is 0 Å². The highest BCUT2D eigenvalue weighted by Gasteiger charge is 2.05. The van der Waals surface area contributed by atoms with E-state index in [4.69, 9.17) is 21.4 Å². The molecule has 88 valence electrons. The summed E-state index contributed by atoms with van der Waals surface area (Å²) < 4.78 is 6.49. The van der Waals surface area contributed by atoms with Gasteiger partial charge in [0, 0.05) is 10.7 Å². The van der Waals surface area contributed by atoms with Gasteiger partial charge in [0.05, 0.1) is 6.61 Å². The number of hydrogen-bond donors (Lipinski definition) is 1. The third-order valence-corrected chi connectivity index (χ3v) is 2.87. The van der Waals surface area contributed by atoms with Gasteiger partial charge in [0.25, 0.3) is 0 Å². The van der Waals surface area contributed by atoms with Crippen molar-refractivity contribution >= 4 is 27.5 Å². The molecule has 1 aromatic carbocycles. The van der Waals surface area contributed by atoms with Gasteiger partial charge < -0.3 is 9.84 Å². The molecule has 2 aromatic rings. The van der Waals surface area contributed by atoms with Gasteiger partial charge >= 0.3 is 0 Å². The number of aliphatic hydroxyl groups excluding tert-OH is 1. The second-order valence-corrected chi connectivity index (χ2v) is 4.67. The molecular formula is C12H9BrClNO2. The smallest absolute Gasteiger partial charge is 0.238 e. The average Bonchev–Trinajstić information content (AvgIpc) is 2.34. The van der Waals surface area contributed by atoms with E-state index in [2.05, 4.69) is 20.9 Å². The van der Waals surface area contributed by atoms with Gasteiger partial charge in [-0.15, -0.1) is 0 Å². The summed E-state index contributed by atoms with van der Waals surface area (Å²) in [5.74, 6) is 0.977. The molecule has 0 saturated carbocycles. The quantitative estimate of drug-likeness (QED) is 0.937. The summed E-state index contributed by atoms with van der Waals surface area (Å²) in [7, 11) is 0. The van der Waals surface area contributed by atoms with Gasteiger partial charge in [0.1, 0.15) is 10.8 Å². The maximum atomic E-state index is 8.93. The van der Waals surface area contributed by atoms with Crippen LogP contribution in [-0.4, -0.2) is 10.1 Å². The number of benzene rings is 1. The van der Waals surface area contributed by atoms with E-state index in [1.54, 1.807) is 6.07 Å². The van der Waals surface area contributed by atoms with E-state index < -0.39 is 0 Å². The Labute approximate surface area is 112 Å². The van der Waals surface area contributed by atoms with Crippen molar-refractivity contribution < 1.29 is 9.84 Å². The van der Waals surface area contributed by atoms with E-state index >= 15 is 0 Å². The first-order valence-electron chi connectivity index (χ1n) is 4.88. The van der Waals surface area contributed by atoms with Crippen LogP contribution in [0.2, 0.25) is 5.02 Å². The van der Waals surface area contributed by atoms with Crippen molar-refractivity contribution in [1.82, 2.24) is 4.98 Å². The SMILES string of the molecule is OCc1cnc(Oc2ccc(Br)cc2)c(Cl)c1. The topological polar surface area (TPSA) is 42.4 Å². The largest absolute Gasteiger partial charge is 0.438 e. The fourth-order valence-corrected chi connectivity index (χ4v) is 1.73. The number of hydrogen-bond acceptors (Lipinski definition) is 3. The van der Waals surface area contributed by atoms with E-state index in [0.717, 1.165) is 4.47 Å². The first kappa shape index (κ1) is 12.4. The first-order valence-corrected chi connectivity index (χ1v) is 6.05. The molecule has 5 heteroatoms. The van der Waals surface area contributed by atoms with Gasteiger partial charge in [-0.1, -0.05) is 27.5 Å². The Kier molecular flexibility index (Phi) is 3.99. The summed E-state index contributed by atoms with van der Waals surface area (Å²) in [5.41, 5.74) is 0.651. The number of pyridine rings is 1. The minimum atomic E-state index is -0.0920. The van der Waals surface area contributed by atoms with Crippen molar-refractivity contribution in [3.8, 4) is 11.6 Å². The van der Waals surface area contributed by atoms with Crippen LogP contribution in [0.1, 0.15) is 5.56 Å². The molecule has 0 radical (unpaired) electrons. The number of halogens is 2. The van der Waals surface area contributed by atoms with E-state index in [-0.39, 0.29) is 6.61 Å². The molecule has 0 bridgehead atoms. The molecule has 0 spiro atoms. The highest BCUT2D eigenvalue weighted by atomic mass is 79.9. The lowest BCUT2D eigenvalue weighted by Gasteiger charge is -2.07. The van der Waals surface area contributed by atoms with Crippen LogP contribution in [0.3, 0.4) is 0 Å². The highest BCUT2D eigenvalue weighted by molar-refractivity contribution is 9.10. The maximum Gasteiger partial charge on any atom is 0.238 e. The van der Waals surface area contributed by atoms with E-state index in [0.29, 0.717) is 22.2 Å². The monoisotopic (exact) mass is 313 g/mol. The lowest BCUT2D eigenvalue weighted by molar-refractivity contribution is 0.281. The summed E-state index contributed by atoms with van der Waals surface area (Å²) in [5, 5.41) is 9.30. The predicted molar refractivity (Wildman–Crippen MR) is 69.4 cm³/mol. The van der Waals surface area contributed by atoms with Crippen LogP contribution in [0.4, 0.5) is 0 Å². The van der Waals surface area contributed by atoms with Crippen LogP contribution < -0.4 is 4.74 Å². The summed E-state index contributed by atoms with van der Waals surface area (Å²) >= 11 is 9.32. The minimum absolute atomic E-state index is 0.0920. The molecule has 0 aliphatic rings. The Morgan fingerprint density at radius 2 is 2.00 bits per heavy atom. The van der Waals surface area contributed by atoms with Gasteiger partial charge in [-0.3, -0.25) is 0 Å². The van der Waals surface area contributed by atoms with Crippen LogP contribution in [0.15, 0.2) is 41.0 Å². The van der Waals surface area contributed by atoms with Crippen molar-refractivity contribution in [2.45, 2.75) is 6.61 Å². The molecule has 0 aliphatic carbocycles. The molecule has 1 N–H and O–H groups in total. The molecule has 3 nitrogen and oxygen atoms in total. The van der Waals surface area contributed by atoms with Crippen molar-refractivity contribution in [3.05, 3.63) is 51.6 Å². The first-order chi connectivity index (χ1) is 8.19. The Hall–Kier alpha value is -1.10. The number of aliphatic hydroxyl groups is 1. The average molecular weight is 315 g/mol. The van der Waals surface area contributed by atoms with Gasteiger partial charge in [0.2, 0.25) is 5.88 Å². The summed E-state index contributed by atoms with van der Waals surface area (Å²) in [6.07, 6.45) is 1.53. The number of aromatic nitrogens is 1. The zero-order chi connectivity index (χ0) is 12.3. The fourth-order valence-electron chi connectivity index (χ4n) is 1.24. The maximum absolute atomic E-state index is 8.93. The van der Waals surface area contributed by atoms with Gasteiger partial charge in [0.15, 0.2) is 0 Å². The van der Waals surface area contributed by atoms with Crippen LogP contribution >= 0.6 is 27.5 Å². The third kappa shape index (κ3) is 3.19. The lowest BCUT2D eigenvalue weighted by atomic mass is 10.3. The predicted octanol–water partition coefficient (Wildman–Crippen LogP) is 3.78. The van der Waals surface area contributed by atoms with E-state index in [9.17, 15) is 0 Å². The van der Waals surface area contributed by atoms with Crippen LogP contribution in [0.5, 0.6) is 11.6 Å². The molecule has 0 fully saturated rings. The Balaban J connectivity index is 2.21. The molecular weight excluding hydrogens is 305 g/mol. The second kappa shape index (κ2) is 5.49. The Morgan fingerprint density at radius 1 is 1.29 bits per heavy atom. The Morgan fingerprint density at radius 3 is 2.59 bits per heavy atom. The molecule has 0 atom stereocenters. The summed E-state index contributed by atoms with van der Waals surface area (Å²) in [4.78, 5) is 4.04. The van der Waals surface area contributed by atoms with Gasteiger partial charge in [-0.05, 0) is 35.9 Å². The summed E-state index contributed by atoms with van der Waals surface area (Å²) in [6.45, 7) is -0.0920. The zero-order valence-corrected chi connectivity index (χ0v) is 11.1. The lowest BCUT2D eigenvalue weighted by Crippen LogP contribution is -1.91. The molecule has 1 aromatic heterocycles. The van der Waals surface area contributed by atoms with Crippen LogP contribution in [0, 0.1) is 0 Å². The number of ether oxygens (including phenoxy) is 1. The van der Waals surface area contributed by atoms with Gasteiger partial charge in [-0.25, -0.2) is 4.98 Å². The highest BCUT2D eigenvalue weighted by Crippen LogP contribution is 2.28. The molecule has 2 rings (SSSR count). The van der Waals surface area contributed by atoms with E-state index in [1.165, 1.54) is 6.20 Å². The van der Waals surface area contributed by atoms with Crippen LogP contribution in [-0.2, 0) is 6.61 Å². The standard InChI is InChI=1S/C12H9BrClNO2/c13-9-1-3-10(4-2-9)17-12-11(14)5-8(7-16)6-15-12/h1-6,16H,7H2. The third-order valence-electron chi connectivity index (χ3n) is 2.07. The molecule has 17 heavy (non-hydrogen) atoms. The normalized spacial score (nSPS) is 10.3. The van der Waals surface area contributed by atoms with Gasteiger partial charge in [-0.2, -0.15) is 0 Å². The molecule has 0 amide bonds. The molecule has 1 heterocycles. The van der Waals surface area contributed by atoms with Crippen molar-refractivity contribution in [3.63, 3.8) is 0 Å². The second-order valence-electron chi connectivity index (χ2n) is 3.34.